The van der Waals surface area contributed by atoms with Crippen molar-refractivity contribution in [3.8, 4) is 11.5 Å². The molecule has 0 fully saturated rings. The smallest absolute Gasteiger partial charge is 0.264 e. The van der Waals surface area contributed by atoms with Gasteiger partial charge in [0.05, 0.1) is 11.3 Å². The predicted molar refractivity (Wildman–Crippen MR) is 90.1 cm³/mol. The number of benzene rings is 1. The fraction of sp³-hybridized carbons (Fsp3) is 0.250. The zero-order valence-corrected chi connectivity index (χ0v) is 15.0. The Balaban J connectivity index is 2.19. The minimum atomic E-state index is -4.08. The lowest BCUT2D eigenvalue weighted by atomic mass is 10.2. The minimum Gasteiger partial charge on any atom is -0.421 e. The molecule has 0 saturated carbocycles. The molecule has 0 unspecified atom stereocenters. The van der Waals surface area contributed by atoms with Gasteiger partial charge in [-0.2, -0.15) is 0 Å². The van der Waals surface area contributed by atoms with Gasteiger partial charge >= 0.3 is 0 Å². The Bertz CT molecular complexity index is 1050. The molecule has 0 amide bonds. The lowest BCUT2D eigenvalue weighted by molar-refractivity contribution is 0.530. The van der Waals surface area contributed by atoms with Crippen molar-refractivity contribution in [2.75, 3.05) is 4.72 Å². The molecule has 2 heterocycles. The van der Waals surface area contributed by atoms with Crippen LogP contribution in [0.3, 0.4) is 0 Å². The molecule has 1 N–H and O–H groups in total. The maximum Gasteiger partial charge on any atom is 0.264 e. The third-order valence-corrected chi connectivity index (χ3v) is 5.58. The van der Waals surface area contributed by atoms with Crippen molar-refractivity contribution in [2.24, 2.45) is 7.05 Å². The summed E-state index contributed by atoms with van der Waals surface area (Å²) in [5.74, 6) is -0.236. The lowest BCUT2D eigenvalue weighted by Crippen LogP contribution is -2.15. The van der Waals surface area contributed by atoms with Crippen LogP contribution in [0.5, 0.6) is 0 Å². The summed E-state index contributed by atoms with van der Waals surface area (Å²) >= 11 is 0. The molecule has 3 aromatic rings. The van der Waals surface area contributed by atoms with Crippen molar-refractivity contribution < 1.29 is 17.2 Å². The highest BCUT2D eigenvalue weighted by Crippen LogP contribution is 2.35. The number of aromatic nitrogens is 3. The van der Waals surface area contributed by atoms with Crippen LogP contribution >= 0.6 is 0 Å². The van der Waals surface area contributed by atoms with Crippen LogP contribution in [0.15, 0.2) is 33.6 Å². The van der Waals surface area contributed by atoms with Crippen LogP contribution in [0, 0.1) is 26.6 Å². The second-order valence-electron chi connectivity index (χ2n) is 5.65. The van der Waals surface area contributed by atoms with Gasteiger partial charge in [0.2, 0.25) is 5.89 Å². The first-order valence-electron chi connectivity index (χ1n) is 7.46. The molecule has 132 valence electrons. The summed E-state index contributed by atoms with van der Waals surface area (Å²) in [4.78, 5) is -0.0144. The molecule has 3 rings (SSSR count). The summed E-state index contributed by atoms with van der Waals surface area (Å²) in [5, 5.41) is 7.70. The summed E-state index contributed by atoms with van der Waals surface area (Å²) in [6.45, 7) is 5.03. The lowest BCUT2D eigenvalue weighted by Gasteiger charge is -2.10. The molecule has 25 heavy (non-hydrogen) atoms. The number of hydrogen-bond donors (Lipinski definition) is 1. The molecule has 9 heteroatoms. The van der Waals surface area contributed by atoms with Crippen molar-refractivity contribution in [1.82, 2.24) is 14.8 Å². The number of sulfonamides is 1. The van der Waals surface area contributed by atoms with E-state index in [4.69, 9.17) is 4.42 Å². The average molecular weight is 364 g/mol. The molecular weight excluding hydrogens is 347 g/mol. The second kappa shape index (κ2) is 5.99. The van der Waals surface area contributed by atoms with E-state index in [0.29, 0.717) is 22.8 Å². The predicted octanol–water partition coefficient (Wildman–Crippen LogP) is 2.94. The summed E-state index contributed by atoms with van der Waals surface area (Å²) < 4.78 is 49.2. The van der Waals surface area contributed by atoms with Crippen LogP contribution in [-0.4, -0.2) is 23.2 Å². The summed E-state index contributed by atoms with van der Waals surface area (Å²) in [6.07, 6.45) is 0. The second-order valence-corrected chi connectivity index (χ2v) is 7.26. The number of halogens is 1. The SMILES string of the molecule is Cc1nnc(-c2c(S(=O)(=O)Nc3ccccc3F)c(C)n(C)c2C)o1. The molecular formula is C16H17FN4O3S. The maximum absolute atomic E-state index is 13.9. The fourth-order valence-electron chi connectivity index (χ4n) is 2.63. The minimum absolute atomic E-state index is 0.0144. The monoisotopic (exact) mass is 364 g/mol. The highest BCUT2D eigenvalue weighted by atomic mass is 32.2. The van der Waals surface area contributed by atoms with Gasteiger partial charge in [0.25, 0.3) is 15.9 Å². The highest BCUT2D eigenvalue weighted by molar-refractivity contribution is 7.93. The van der Waals surface area contributed by atoms with E-state index >= 15 is 0 Å². The Morgan fingerprint density at radius 3 is 2.40 bits per heavy atom. The van der Waals surface area contributed by atoms with Crippen LogP contribution in [-0.2, 0) is 17.1 Å². The summed E-state index contributed by atoms with van der Waals surface area (Å²) in [5.41, 5.74) is 1.31. The van der Waals surface area contributed by atoms with Crippen LogP contribution in [0.1, 0.15) is 17.3 Å². The van der Waals surface area contributed by atoms with E-state index in [0.717, 1.165) is 0 Å². The quantitative estimate of drug-likeness (QED) is 0.769. The molecule has 0 radical (unpaired) electrons. The summed E-state index contributed by atoms with van der Waals surface area (Å²) in [6, 6.07) is 5.57. The van der Waals surface area contributed by atoms with Crippen molar-refractivity contribution >= 4 is 15.7 Å². The number of hydrogen-bond acceptors (Lipinski definition) is 5. The largest absolute Gasteiger partial charge is 0.421 e. The maximum atomic E-state index is 13.9. The van der Waals surface area contributed by atoms with E-state index in [1.807, 2.05) is 0 Å². The molecule has 0 aliphatic heterocycles. The van der Waals surface area contributed by atoms with Crippen molar-refractivity contribution in [3.63, 3.8) is 0 Å². The number of nitrogens with zero attached hydrogens (tertiary/aromatic N) is 3. The Kier molecular flexibility index (Phi) is 4.11. The number of para-hydroxylation sites is 1. The molecule has 0 bridgehead atoms. The van der Waals surface area contributed by atoms with Crippen molar-refractivity contribution in [2.45, 2.75) is 25.7 Å². The molecule has 0 saturated heterocycles. The molecule has 0 atom stereocenters. The zero-order chi connectivity index (χ0) is 18.4. The highest BCUT2D eigenvalue weighted by Gasteiger charge is 2.31. The molecule has 0 spiro atoms. The van der Waals surface area contributed by atoms with E-state index in [1.54, 1.807) is 38.5 Å². The van der Waals surface area contributed by atoms with Gasteiger partial charge in [-0.25, -0.2) is 12.8 Å². The van der Waals surface area contributed by atoms with Gasteiger partial charge < -0.3 is 8.98 Å². The number of aryl methyl sites for hydroxylation is 1. The topological polar surface area (TPSA) is 90.0 Å². The zero-order valence-electron chi connectivity index (χ0n) is 14.2. The van der Waals surface area contributed by atoms with Gasteiger partial charge in [-0.3, -0.25) is 4.72 Å². The van der Waals surface area contributed by atoms with E-state index < -0.39 is 15.8 Å². The van der Waals surface area contributed by atoms with Crippen LogP contribution in [0.2, 0.25) is 0 Å². The third-order valence-electron chi connectivity index (χ3n) is 4.05. The number of rotatable bonds is 4. The van der Waals surface area contributed by atoms with E-state index in [-0.39, 0.29) is 16.5 Å². The molecule has 1 aromatic carbocycles. The van der Waals surface area contributed by atoms with Crippen LogP contribution < -0.4 is 4.72 Å². The Hall–Kier alpha value is -2.68. The fourth-order valence-corrected chi connectivity index (χ4v) is 4.22. The van der Waals surface area contributed by atoms with Crippen LogP contribution in [0.4, 0.5) is 10.1 Å². The Morgan fingerprint density at radius 1 is 1.12 bits per heavy atom. The number of nitrogens with one attached hydrogen (secondary N) is 1. The Morgan fingerprint density at radius 2 is 1.80 bits per heavy atom. The van der Waals surface area contributed by atoms with Gasteiger partial charge in [0.1, 0.15) is 10.7 Å². The van der Waals surface area contributed by atoms with Gasteiger partial charge in [0.15, 0.2) is 0 Å². The molecule has 0 aliphatic rings. The average Bonchev–Trinajstić information content (AvgIpc) is 3.06. The standard InChI is InChI=1S/C16H17FN4O3S/c1-9-14(16-19-18-11(3)24-16)15(10(2)21(9)4)25(22,23)20-13-8-6-5-7-12(13)17/h5-8,20H,1-4H3. The van der Waals surface area contributed by atoms with Crippen molar-refractivity contribution in [3.05, 3.63) is 47.4 Å². The first-order chi connectivity index (χ1) is 11.7. The first-order valence-corrected chi connectivity index (χ1v) is 8.94. The van der Waals surface area contributed by atoms with E-state index in [1.165, 1.54) is 18.2 Å². The number of anilines is 1. The van der Waals surface area contributed by atoms with E-state index in [2.05, 4.69) is 14.9 Å². The van der Waals surface area contributed by atoms with Gasteiger partial charge in [0, 0.05) is 25.4 Å². The Labute approximate surface area is 144 Å². The third kappa shape index (κ3) is 2.91. The summed E-state index contributed by atoms with van der Waals surface area (Å²) in [7, 11) is -2.34. The van der Waals surface area contributed by atoms with Crippen LogP contribution in [0.25, 0.3) is 11.5 Å². The molecule has 7 nitrogen and oxygen atoms in total. The van der Waals surface area contributed by atoms with Gasteiger partial charge in [-0.05, 0) is 26.0 Å². The van der Waals surface area contributed by atoms with Crippen molar-refractivity contribution in [1.29, 1.82) is 0 Å². The normalized spacial score (nSPS) is 11.7. The van der Waals surface area contributed by atoms with Gasteiger partial charge in [-0.1, -0.05) is 12.1 Å². The van der Waals surface area contributed by atoms with Gasteiger partial charge in [-0.15, -0.1) is 10.2 Å². The first kappa shape index (κ1) is 17.2. The molecule has 2 aromatic heterocycles. The van der Waals surface area contributed by atoms with E-state index in [9.17, 15) is 12.8 Å². The molecule has 0 aliphatic carbocycles.